The predicted molar refractivity (Wildman–Crippen MR) is 205 cm³/mol. The molecule has 0 unspecified atom stereocenters. The summed E-state index contributed by atoms with van der Waals surface area (Å²) in [4.78, 5) is 14.4. The van der Waals surface area contributed by atoms with Crippen molar-refractivity contribution in [1.82, 2.24) is 0 Å². The average molecular weight is 861 g/mol. The van der Waals surface area contributed by atoms with Gasteiger partial charge in [0.05, 0.1) is 0 Å². The Morgan fingerprint density at radius 2 is 1.38 bits per heavy atom. The van der Waals surface area contributed by atoms with Crippen LogP contribution in [0.15, 0.2) is 137 Å². The molecule has 0 N–H and O–H groups in total. The van der Waals surface area contributed by atoms with Gasteiger partial charge in [-0.05, 0) is 0 Å². The summed E-state index contributed by atoms with van der Waals surface area (Å²) >= 11 is 4.60. The molecule has 241 valence electrons. The second-order valence-electron chi connectivity index (χ2n) is 11.6. The van der Waals surface area contributed by atoms with Gasteiger partial charge in [-0.1, -0.05) is 0 Å². The molecule has 48 heavy (non-hydrogen) atoms. The molecule has 5 aromatic rings. The second-order valence-corrected chi connectivity index (χ2v) is 17.7. The van der Waals surface area contributed by atoms with E-state index in [-0.39, 0.29) is 10.7 Å². The fraction of sp³-hybridized carbons (Fsp3) is 0.143. The zero-order chi connectivity index (χ0) is 33.7. The van der Waals surface area contributed by atoms with E-state index in [9.17, 15) is 4.79 Å². The second kappa shape index (κ2) is 15.3. The van der Waals surface area contributed by atoms with Crippen LogP contribution in [0.1, 0.15) is 59.5 Å². The van der Waals surface area contributed by atoms with Gasteiger partial charge in [0.1, 0.15) is 0 Å². The Bertz CT molecular complexity index is 2060. The Morgan fingerprint density at radius 1 is 0.812 bits per heavy atom. The Labute approximate surface area is 301 Å². The van der Waals surface area contributed by atoms with Gasteiger partial charge in [0.2, 0.25) is 0 Å². The first-order chi connectivity index (χ1) is 23.4. The van der Waals surface area contributed by atoms with Gasteiger partial charge in [0.15, 0.2) is 0 Å². The van der Waals surface area contributed by atoms with Crippen molar-refractivity contribution in [3.63, 3.8) is 0 Å². The number of ketones is 1. The van der Waals surface area contributed by atoms with E-state index in [2.05, 4.69) is 127 Å². The molecule has 0 spiro atoms. The number of hydrogen-bond donors (Lipinski definition) is 0. The minimum atomic E-state index is -2.45. The molecule has 6 rings (SSSR count). The van der Waals surface area contributed by atoms with Crippen LogP contribution in [0.2, 0.25) is 0 Å². The fourth-order valence-electron chi connectivity index (χ4n) is 6.55. The third-order valence-corrected chi connectivity index (χ3v) is 16.6. The first-order valence-electron chi connectivity index (χ1n) is 16.0. The summed E-state index contributed by atoms with van der Waals surface area (Å²) in [7, 11) is -2.45. The Kier molecular flexibility index (Phi) is 11.0. The Balaban J connectivity index is 1.71. The third kappa shape index (κ3) is 6.44. The van der Waals surface area contributed by atoms with E-state index >= 15 is 4.39 Å². The number of Topliss-reactive ketones (excluding diaryl/α,β-unsaturated/α-hetero) is 1. The molecule has 1 aliphatic carbocycles. The van der Waals surface area contributed by atoms with Gasteiger partial charge in [0.25, 0.3) is 0 Å². The Hall–Kier alpha value is -3.53. The first-order valence-corrected chi connectivity index (χ1v) is 20.7. The van der Waals surface area contributed by atoms with Crippen LogP contribution in [0, 0.1) is 10.2 Å². The van der Waals surface area contributed by atoms with Gasteiger partial charge in [-0.15, -0.1) is 0 Å². The number of hydrogen-bond acceptors (Lipinski definition) is 3. The molecule has 0 aliphatic heterocycles. The van der Waals surface area contributed by atoms with Gasteiger partial charge in [-0.25, -0.2) is 0 Å². The first kappa shape index (κ1) is 34.3. The van der Waals surface area contributed by atoms with Crippen molar-refractivity contribution in [3.05, 3.63) is 158 Å². The summed E-state index contributed by atoms with van der Waals surface area (Å²) in [5.41, 5.74) is 3.85. The SMILES string of the molecule is CC=C1CCCC1=CC(/C=C/c1sc(/C=C/C)c2c(F)c(C(C)=O)sc12)=C([C]#[Os])[P+](c1ccccc1)(c1ccccc1)c1ccccc1. The standard InChI is InChI=1S/C42H36FOPS2.Os/c1-5-17-37-39-40(43)41(29(3)44)47-42(39)38(46-37)27-26-32(28-33-19-16-18-31(33)6-2)30(4)45(34-20-10-7-11-21-34,35-22-12-8-13-23-35)36-24-14-9-15-25-36;/h5-15,17,20-28H,16,18-19H2,1-3H3;/q+1;/b17-5+,27-26+,31-6?,32-30?,33-28?;. The number of benzene rings is 3. The molecule has 0 saturated heterocycles. The van der Waals surface area contributed by atoms with Crippen LogP contribution in [0.5, 0.6) is 0 Å². The molecule has 2 aromatic heterocycles. The molecule has 2 heterocycles. The van der Waals surface area contributed by atoms with Crippen LogP contribution in [0.3, 0.4) is 0 Å². The van der Waals surface area contributed by atoms with E-state index < -0.39 is 13.1 Å². The van der Waals surface area contributed by atoms with E-state index in [1.165, 1.54) is 50.6 Å². The van der Waals surface area contributed by atoms with E-state index in [1.807, 2.05) is 19.1 Å². The zero-order valence-corrected chi connectivity index (χ0v) is 32.2. The third-order valence-electron chi connectivity index (χ3n) is 8.70. The van der Waals surface area contributed by atoms with Gasteiger partial charge < -0.3 is 0 Å². The zero-order valence-electron chi connectivity index (χ0n) is 27.1. The summed E-state index contributed by atoms with van der Waals surface area (Å²) in [6.45, 7) is 5.51. The van der Waals surface area contributed by atoms with E-state index in [0.717, 1.165) is 39.3 Å². The van der Waals surface area contributed by atoms with Crippen LogP contribution >= 0.6 is 29.9 Å². The molecule has 1 saturated carbocycles. The summed E-state index contributed by atoms with van der Waals surface area (Å²) in [5, 5.41) is 5.49. The number of halogens is 1. The van der Waals surface area contributed by atoms with Crippen molar-refractivity contribution in [2.75, 3.05) is 0 Å². The van der Waals surface area contributed by atoms with Crippen molar-refractivity contribution >= 4 is 73.9 Å². The van der Waals surface area contributed by atoms with Gasteiger partial charge in [0, 0.05) is 0 Å². The molecule has 6 heteroatoms. The summed E-state index contributed by atoms with van der Waals surface area (Å²) in [6.07, 6.45) is 16.1. The van der Waals surface area contributed by atoms with Crippen LogP contribution in [0.4, 0.5) is 4.39 Å². The number of thiophene rings is 2. The van der Waals surface area contributed by atoms with Gasteiger partial charge >= 0.3 is 303 Å². The Morgan fingerprint density at radius 3 is 1.88 bits per heavy atom. The van der Waals surface area contributed by atoms with Gasteiger partial charge in [-0.3, -0.25) is 0 Å². The van der Waals surface area contributed by atoms with Crippen LogP contribution in [-0.4, -0.2) is 5.78 Å². The maximum absolute atomic E-state index is 15.6. The summed E-state index contributed by atoms with van der Waals surface area (Å²) in [5.74, 6) is -0.653. The summed E-state index contributed by atoms with van der Waals surface area (Å²) in [6, 6.07) is 32.6. The molecule has 1 nitrogen and oxygen atoms in total. The minimum absolute atomic E-state index is 0.189. The van der Waals surface area contributed by atoms with Crippen molar-refractivity contribution in [1.29, 1.82) is 0 Å². The molecule has 0 radical (unpaired) electrons. The fourth-order valence-corrected chi connectivity index (χ4v) is 14.8. The van der Waals surface area contributed by atoms with Crippen LogP contribution in [0.25, 0.3) is 22.2 Å². The van der Waals surface area contributed by atoms with E-state index in [4.69, 9.17) is 0 Å². The van der Waals surface area contributed by atoms with Crippen molar-refractivity contribution in [3.8, 4) is 4.37 Å². The molecule has 0 atom stereocenters. The number of allylic oxidation sites excluding steroid dienone is 8. The molecular formula is C42H36FOOsPS2+. The predicted octanol–water partition coefficient (Wildman–Crippen LogP) is 11.2. The van der Waals surface area contributed by atoms with Gasteiger partial charge in [-0.2, -0.15) is 0 Å². The summed E-state index contributed by atoms with van der Waals surface area (Å²) < 4.78 is 20.3. The van der Waals surface area contributed by atoms with Crippen molar-refractivity contribution < 1.29 is 27.1 Å². The number of carbonyl (C=O) groups excluding carboxylic acids is 1. The molecular weight excluding hydrogens is 825 g/mol. The maximum atomic E-state index is 15.6. The van der Waals surface area contributed by atoms with Crippen LogP contribution in [-0.2, 0) is 17.9 Å². The molecule has 1 fully saturated rings. The topological polar surface area (TPSA) is 17.1 Å². The monoisotopic (exact) mass is 862 g/mol. The average Bonchev–Trinajstić information content (AvgIpc) is 3.82. The van der Waals surface area contributed by atoms with E-state index in [1.54, 1.807) is 29.3 Å². The number of rotatable bonds is 9. The van der Waals surface area contributed by atoms with E-state index in [0.29, 0.717) is 5.39 Å². The molecule has 0 bridgehead atoms. The molecule has 1 aliphatic rings. The normalized spacial score (nSPS) is 16.0. The van der Waals surface area contributed by atoms with Crippen molar-refractivity contribution in [2.24, 2.45) is 0 Å². The number of carbonyl (C=O) groups is 1. The van der Waals surface area contributed by atoms with Crippen molar-refractivity contribution in [2.45, 2.75) is 40.0 Å². The quantitative estimate of drug-likeness (QED) is 0.0820. The molecule has 3 aromatic carbocycles. The van der Waals surface area contributed by atoms with Crippen LogP contribution < -0.4 is 15.9 Å². The number of fused-ring (bicyclic) bond motifs is 1. The molecule has 0 amide bonds.